The van der Waals surface area contributed by atoms with Gasteiger partial charge in [-0.2, -0.15) is 0 Å². The quantitative estimate of drug-likeness (QED) is 0.693. The van der Waals surface area contributed by atoms with Gasteiger partial charge in [-0.05, 0) is 22.3 Å². The summed E-state index contributed by atoms with van der Waals surface area (Å²) >= 11 is 1.48. The van der Waals surface area contributed by atoms with Gasteiger partial charge in [0.15, 0.2) is 17.3 Å². The van der Waals surface area contributed by atoms with Crippen LogP contribution < -0.4 is 0 Å². The maximum Gasteiger partial charge on any atom is 0.235 e. The predicted octanol–water partition coefficient (Wildman–Crippen LogP) is 4.20. The molecular weight excluding hydrogens is 348 g/mol. The molecule has 3 aliphatic rings. The van der Waals surface area contributed by atoms with Gasteiger partial charge in [0.2, 0.25) is 5.60 Å². The second-order valence-electron chi connectivity index (χ2n) is 9.43. The average molecular weight is 372 g/mol. The molecule has 1 saturated carbocycles. The fourth-order valence-electron chi connectivity index (χ4n) is 4.73. The highest BCUT2D eigenvalue weighted by Gasteiger charge is 2.65. The summed E-state index contributed by atoms with van der Waals surface area (Å²) in [5.41, 5.74) is -1.56. The van der Waals surface area contributed by atoms with E-state index in [9.17, 15) is 14.4 Å². The molecule has 2 aliphatic carbocycles. The lowest BCUT2D eigenvalue weighted by molar-refractivity contribution is -0.160. The summed E-state index contributed by atoms with van der Waals surface area (Å²) < 4.78 is 6.22. The third-order valence-corrected chi connectivity index (χ3v) is 6.73. The molecule has 1 atom stereocenters. The molecule has 1 aromatic rings. The van der Waals surface area contributed by atoms with Gasteiger partial charge >= 0.3 is 0 Å². The highest BCUT2D eigenvalue weighted by molar-refractivity contribution is 7.10. The smallest absolute Gasteiger partial charge is 0.235 e. The lowest BCUT2D eigenvalue weighted by Gasteiger charge is -2.41. The van der Waals surface area contributed by atoms with E-state index in [0.29, 0.717) is 37.0 Å². The summed E-state index contributed by atoms with van der Waals surface area (Å²) in [7, 11) is 0. The fraction of sp³-hybridized carbons (Fsp3) is 0.571. The van der Waals surface area contributed by atoms with Crippen molar-refractivity contribution in [3.05, 3.63) is 33.7 Å². The van der Waals surface area contributed by atoms with E-state index in [2.05, 4.69) is 0 Å². The van der Waals surface area contributed by atoms with Crippen LogP contribution >= 0.6 is 11.3 Å². The van der Waals surface area contributed by atoms with Crippen molar-refractivity contribution in [3.8, 4) is 0 Å². The van der Waals surface area contributed by atoms with Crippen molar-refractivity contribution in [2.45, 2.75) is 64.9 Å². The van der Waals surface area contributed by atoms with E-state index in [0.717, 1.165) is 4.88 Å². The number of carbonyl (C=O) groups excluding carboxylic acids is 3. The molecule has 0 bridgehead atoms. The molecule has 138 valence electrons. The summed E-state index contributed by atoms with van der Waals surface area (Å²) in [4.78, 5) is 40.4. The number of Topliss-reactive ketones (excluding diaryl/α,β-unsaturated/α-hetero) is 3. The Morgan fingerprint density at radius 1 is 0.962 bits per heavy atom. The van der Waals surface area contributed by atoms with E-state index in [4.69, 9.17) is 4.74 Å². The Balaban J connectivity index is 1.89. The number of carbonyl (C=O) groups is 3. The van der Waals surface area contributed by atoms with Crippen LogP contribution in [-0.2, 0) is 19.1 Å². The number of ketones is 3. The molecule has 5 heteroatoms. The van der Waals surface area contributed by atoms with Crippen LogP contribution in [0, 0.1) is 10.8 Å². The molecule has 0 radical (unpaired) electrons. The Morgan fingerprint density at radius 3 is 2.15 bits per heavy atom. The van der Waals surface area contributed by atoms with Crippen LogP contribution in [0.4, 0.5) is 0 Å². The lowest BCUT2D eigenvalue weighted by Crippen LogP contribution is -2.56. The number of hydrogen-bond acceptors (Lipinski definition) is 5. The molecule has 4 nitrogen and oxygen atoms in total. The third-order valence-electron chi connectivity index (χ3n) is 5.79. The van der Waals surface area contributed by atoms with E-state index in [1.807, 2.05) is 45.2 Å². The fourth-order valence-corrected chi connectivity index (χ4v) is 5.62. The van der Waals surface area contributed by atoms with Crippen LogP contribution in [0.1, 0.15) is 64.2 Å². The van der Waals surface area contributed by atoms with Gasteiger partial charge in [0, 0.05) is 36.1 Å². The first-order valence-corrected chi connectivity index (χ1v) is 9.99. The standard InChI is InChI=1S/C21H24O4S/c1-19(2)8-12(22)17-13(9-19)25-21(18(17)14-6-5-7-26-14)15(23)10-20(3,4)11-16(21)24/h5-7,18H,8-11H2,1-4H3/t18-/m1/s1. The highest BCUT2D eigenvalue weighted by Crippen LogP contribution is 2.57. The van der Waals surface area contributed by atoms with Crippen LogP contribution in [-0.4, -0.2) is 23.0 Å². The molecule has 1 aromatic heterocycles. The molecule has 1 aliphatic heterocycles. The molecule has 0 aromatic carbocycles. The molecule has 1 spiro atoms. The Labute approximate surface area is 157 Å². The molecule has 0 N–H and O–H groups in total. The zero-order valence-corrected chi connectivity index (χ0v) is 16.5. The minimum atomic E-state index is -1.54. The molecule has 1 fully saturated rings. The second-order valence-corrected chi connectivity index (χ2v) is 10.4. The predicted molar refractivity (Wildman–Crippen MR) is 99.0 cm³/mol. The third kappa shape index (κ3) is 2.43. The molecule has 26 heavy (non-hydrogen) atoms. The maximum atomic E-state index is 13.3. The van der Waals surface area contributed by atoms with Crippen molar-refractivity contribution in [2.75, 3.05) is 0 Å². The second kappa shape index (κ2) is 5.38. The first-order valence-electron chi connectivity index (χ1n) is 9.11. The van der Waals surface area contributed by atoms with E-state index >= 15 is 0 Å². The largest absolute Gasteiger partial charge is 0.474 e. The highest BCUT2D eigenvalue weighted by atomic mass is 32.1. The molecule has 0 amide bonds. The first kappa shape index (κ1) is 17.7. The Kier molecular flexibility index (Phi) is 3.65. The summed E-state index contributed by atoms with van der Waals surface area (Å²) in [6.45, 7) is 7.92. The minimum Gasteiger partial charge on any atom is -0.474 e. The number of ether oxygens (including phenoxy) is 1. The van der Waals surface area contributed by atoms with Crippen molar-refractivity contribution in [1.82, 2.24) is 0 Å². The van der Waals surface area contributed by atoms with Crippen molar-refractivity contribution < 1.29 is 19.1 Å². The summed E-state index contributed by atoms with van der Waals surface area (Å²) in [6, 6.07) is 3.80. The van der Waals surface area contributed by atoms with Gasteiger partial charge in [0.25, 0.3) is 0 Å². The van der Waals surface area contributed by atoms with Crippen LogP contribution in [0.25, 0.3) is 0 Å². The molecule has 4 rings (SSSR count). The number of hydrogen-bond donors (Lipinski definition) is 0. The molecule has 2 heterocycles. The summed E-state index contributed by atoms with van der Waals surface area (Å²) in [5, 5.41) is 1.92. The SMILES string of the molecule is CC1(C)CC(=O)C2(OC3=C(C(=O)CC(C)(C)C3)[C@H]2c2cccs2)C(=O)C1. The van der Waals surface area contributed by atoms with Crippen molar-refractivity contribution in [2.24, 2.45) is 10.8 Å². The zero-order valence-electron chi connectivity index (χ0n) is 15.7. The number of allylic oxidation sites excluding steroid dienone is 1. The van der Waals surface area contributed by atoms with Crippen molar-refractivity contribution in [1.29, 1.82) is 0 Å². The van der Waals surface area contributed by atoms with Gasteiger partial charge in [-0.1, -0.05) is 33.8 Å². The average Bonchev–Trinajstić information content (AvgIpc) is 3.08. The minimum absolute atomic E-state index is 0.0111. The number of thiophene rings is 1. The van der Waals surface area contributed by atoms with Gasteiger partial charge in [-0.3, -0.25) is 14.4 Å². The monoisotopic (exact) mass is 372 g/mol. The Bertz CT molecular complexity index is 821. The topological polar surface area (TPSA) is 60.4 Å². The Hall–Kier alpha value is -1.75. The maximum absolute atomic E-state index is 13.3. The van der Waals surface area contributed by atoms with Crippen molar-refractivity contribution in [3.63, 3.8) is 0 Å². The summed E-state index contributed by atoms with van der Waals surface area (Å²) in [6.07, 6.45) is 1.58. The van der Waals surface area contributed by atoms with E-state index in [1.54, 1.807) is 0 Å². The Morgan fingerprint density at radius 2 is 1.58 bits per heavy atom. The van der Waals surface area contributed by atoms with Crippen molar-refractivity contribution >= 4 is 28.7 Å². The van der Waals surface area contributed by atoms with Crippen LogP contribution in [0.2, 0.25) is 0 Å². The number of rotatable bonds is 1. The zero-order chi connectivity index (χ0) is 18.9. The van der Waals surface area contributed by atoms with E-state index < -0.39 is 11.5 Å². The van der Waals surface area contributed by atoms with E-state index in [1.165, 1.54) is 11.3 Å². The van der Waals surface area contributed by atoms with Gasteiger partial charge < -0.3 is 4.74 Å². The first-order chi connectivity index (χ1) is 12.1. The van der Waals surface area contributed by atoms with Gasteiger partial charge in [0.05, 0.1) is 5.92 Å². The van der Waals surface area contributed by atoms with E-state index in [-0.39, 0.29) is 28.2 Å². The van der Waals surface area contributed by atoms with Crippen LogP contribution in [0.3, 0.4) is 0 Å². The van der Waals surface area contributed by atoms with Gasteiger partial charge in [0.1, 0.15) is 5.76 Å². The van der Waals surface area contributed by atoms with Crippen LogP contribution in [0.5, 0.6) is 0 Å². The molecule has 0 saturated heterocycles. The molecule has 0 unspecified atom stereocenters. The van der Waals surface area contributed by atoms with Gasteiger partial charge in [-0.15, -0.1) is 11.3 Å². The summed E-state index contributed by atoms with van der Waals surface area (Å²) in [5.74, 6) is -0.380. The normalized spacial score (nSPS) is 29.1. The van der Waals surface area contributed by atoms with Gasteiger partial charge in [-0.25, -0.2) is 0 Å². The molecular formula is C21H24O4S. The van der Waals surface area contributed by atoms with Crippen LogP contribution in [0.15, 0.2) is 28.8 Å². The lowest BCUT2D eigenvalue weighted by atomic mass is 9.63.